The molecular formula is C9H8Cl2FN. The fourth-order valence-corrected chi connectivity index (χ4v) is 1.45. The van der Waals surface area contributed by atoms with Crippen LogP contribution in [0.1, 0.15) is 11.6 Å². The summed E-state index contributed by atoms with van der Waals surface area (Å²) in [6.07, 6.45) is 1.42. The van der Waals surface area contributed by atoms with E-state index in [1.165, 1.54) is 18.2 Å². The Hall–Kier alpha value is -0.570. The Labute approximate surface area is 85.9 Å². The first-order chi connectivity index (χ1) is 6.06. The molecule has 0 spiro atoms. The van der Waals surface area contributed by atoms with Crippen molar-refractivity contribution in [3.63, 3.8) is 0 Å². The van der Waals surface area contributed by atoms with E-state index in [-0.39, 0.29) is 10.6 Å². The van der Waals surface area contributed by atoms with Crippen molar-refractivity contribution in [3.05, 3.63) is 46.2 Å². The molecular weight excluding hydrogens is 212 g/mol. The average Bonchev–Trinajstić information content (AvgIpc) is 2.10. The molecule has 0 aliphatic rings. The molecule has 0 unspecified atom stereocenters. The molecule has 1 aromatic rings. The number of halogens is 3. The Morgan fingerprint density at radius 3 is 2.62 bits per heavy atom. The molecule has 2 N–H and O–H groups in total. The van der Waals surface area contributed by atoms with Crippen molar-refractivity contribution in [2.75, 3.05) is 0 Å². The van der Waals surface area contributed by atoms with Gasteiger partial charge in [-0.25, -0.2) is 4.39 Å². The van der Waals surface area contributed by atoms with E-state index in [9.17, 15) is 4.39 Å². The standard InChI is InChI=1S/C9H8Cl2FN/c1-2-8(13)6-3-5(10)4-7(11)9(6)12/h2-4,8H,1,13H2/t8-/m0/s1. The first-order valence-corrected chi connectivity index (χ1v) is 4.34. The Bertz CT molecular complexity index is 339. The lowest BCUT2D eigenvalue weighted by atomic mass is 10.1. The molecule has 4 heteroatoms. The van der Waals surface area contributed by atoms with Crippen LogP contribution in [0.5, 0.6) is 0 Å². The number of benzene rings is 1. The van der Waals surface area contributed by atoms with Gasteiger partial charge >= 0.3 is 0 Å². The number of rotatable bonds is 2. The maximum atomic E-state index is 13.3. The molecule has 0 aromatic heterocycles. The smallest absolute Gasteiger partial charge is 0.146 e. The van der Waals surface area contributed by atoms with E-state index in [1.807, 2.05) is 0 Å². The van der Waals surface area contributed by atoms with Crippen LogP contribution in [-0.4, -0.2) is 0 Å². The van der Waals surface area contributed by atoms with Gasteiger partial charge in [0.2, 0.25) is 0 Å². The van der Waals surface area contributed by atoms with Crippen molar-refractivity contribution in [1.82, 2.24) is 0 Å². The molecule has 0 saturated heterocycles. The van der Waals surface area contributed by atoms with E-state index in [0.29, 0.717) is 5.02 Å². The maximum Gasteiger partial charge on any atom is 0.146 e. The van der Waals surface area contributed by atoms with Gasteiger partial charge in [0.25, 0.3) is 0 Å². The molecule has 1 rings (SSSR count). The fraction of sp³-hybridized carbons (Fsp3) is 0.111. The summed E-state index contributed by atoms with van der Waals surface area (Å²) in [6.45, 7) is 3.46. The molecule has 0 aliphatic heterocycles. The van der Waals surface area contributed by atoms with E-state index in [0.717, 1.165) is 0 Å². The Kier molecular flexibility index (Phi) is 3.31. The third kappa shape index (κ3) is 2.21. The monoisotopic (exact) mass is 219 g/mol. The van der Waals surface area contributed by atoms with Crippen LogP contribution in [0, 0.1) is 5.82 Å². The van der Waals surface area contributed by atoms with Crippen molar-refractivity contribution >= 4 is 23.2 Å². The molecule has 1 aromatic carbocycles. The van der Waals surface area contributed by atoms with Crippen LogP contribution in [0.3, 0.4) is 0 Å². The zero-order chi connectivity index (χ0) is 10.0. The highest BCUT2D eigenvalue weighted by Gasteiger charge is 2.12. The van der Waals surface area contributed by atoms with Gasteiger partial charge in [-0.05, 0) is 12.1 Å². The summed E-state index contributed by atoms with van der Waals surface area (Å²) >= 11 is 11.3. The predicted octanol–water partition coefficient (Wildman–Crippen LogP) is 3.32. The second-order valence-corrected chi connectivity index (χ2v) is 3.40. The SMILES string of the molecule is C=C[C@H](N)c1cc(Cl)cc(Cl)c1F. The molecule has 70 valence electrons. The van der Waals surface area contributed by atoms with Gasteiger partial charge in [0, 0.05) is 10.6 Å². The second kappa shape index (κ2) is 4.09. The number of nitrogens with two attached hydrogens (primary N) is 1. The summed E-state index contributed by atoms with van der Waals surface area (Å²) in [4.78, 5) is 0. The Balaban J connectivity index is 3.27. The van der Waals surface area contributed by atoms with Gasteiger partial charge < -0.3 is 5.73 Å². The molecule has 1 atom stereocenters. The van der Waals surface area contributed by atoms with Crippen molar-refractivity contribution in [3.8, 4) is 0 Å². The fourth-order valence-electron chi connectivity index (χ4n) is 0.945. The van der Waals surface area contributed by atoms with Crippen LogP contribution in [0.4, 0.5) is 4.39 Å². The van der Waals surface area contributed by atoms with E-state index in [2.05, 4.69) is 6.58 Å². The first-order valence-electron chi connectivity index (χ1n) is 3.59. The second-order valence-electron chi connectivity index (χ2n) is 2.55. The summed E-state index contributed by atoms with van der Waals surface area (Å²) < 4.78 is 13.3. The van der Waals surface area contributed by atoms with E-state index in [4.69, 9.17) is 28.9 Å². The van der Waals surface area contributed by atoms with Crippen molar-refractivity contribution < 1.29 is 4.39 Å². The predicted molar refractivity (Wildman–Crippen MR) is 53.5 cm³/mol. The molecule has 0 amide bonds. The van der Waals surface area contributed by atoms with Crippen LogP contribution < -0.4 is 5.73 Å². The molecule has 0 aliphatic carbocycles. The lowest BCUT2D eigenvalue weighted by Crippen LogP contribution is -2.09. The highest BCUT2D eigenvalue weighted by Crippen LogP contribution is 2.27. The van der Waals surface area contributed by atoms with Crippen LogP contribution in [-0.2, 0) is 0 Å². The summed E-state index contributed by atoms with van der Waals surface area (Å²) in [5.74, 6) is -0.543. The molecule has 0 saturated carbocycles. The Morgan fingerprint density at radius 1 is 1.46 bits per heavy atom. The third-order valence-electron chi connectivity index (χ3n) is 1.63. The number of hydrogen-bond acceptors (Lipinski definition) is 1. The minimum atomic E-state index is -0.587. The van der Waals surface area contributed by atoms with Gasteiger partial charge in [0.15, 0.2) is 0 Å². The maximum absolute atomic E-state index is 13.3. The zero-order valence-corrected chi connectivity index (χ0v) is 8.24. The summed E-state index contributed by atoms with van der Waals surface area (Å²) in [7, 11) is 0. The molecule has 0 bridgehead atoms. The minimum absolute atomic E-state index is 0.0280. The highest BCUT2D eigenvalue weighted by atomic mass is 35.5. The van der Waals surface area contributed by atoms with Crippen LogP contribution in [0.15, 0.2) is 24.8 Å². The van der Waals surface area contributed by atoms with Gasteiger partial charge in [-0.2, -0.15) is 0 Å². The van der Waals surface area contributed by atoms with Crippen molar-refractivity contribution in [2.45, 2.75) is 6.04 Å². The van der Waals surface area contributed by atoms with Gasteiger partial charge in [0.1, 0.15) is 5.82 Å². The topological polar surface area (TPSA) is 26.0 Å². The normalized spacial score (nSPS) is 12.6. The molecule has 13 heavy (non-hydrogen) atoms. The summed E-state index contributed by atoms with van der Waals surface area (Å²) in [5.41, 5.74) is 5.81. The first kappa shape index (κ1) is 10.5. The zero-order valence-electron chi connectivity index (χ0n) is 6.73. The Morgan fingerprint density at radius 2 is 2.08 bits per heavy atom. The van der Waals surface area contributed by atoms with E-state index in [1.54, 1.807) is 0 Å². The van der Waals surface area contributed by atoms with Crippen LogP contribution >= 0.6 is 23.2 Å². The third-order valence-corrected chi connectivity index (χ3v) is 2.13. The summed E-state index contributed by atoms with van der Waals surface area (Å²) in [5, 5.41) is 0.332. The number of hydrogen-bond donors (Lipinski definition) is 1. The van der Waals surface area contributed by atoms with Crippen molar-refractivity contribution in [1.29, 1.82) is 0 Å². The largest absolute Gasteiger partial charge is 0.321 e. The lowest BCUT2D eigenvalue weighted by molar-refractivity contribution is 0.603. The lowest BCUT2D eigenvalue weighted by Gasteiger charge is -2.09. The van der Waals surface area contributed by atoms with Gasteiger partial charge in [-0.3, -0.25) is 0 Å². The molecule has 1 nitrogen and oxygen atoms in total. The van der Waals surface area contributed by atoms with Crippen LogP contribution in [0.2, 0.25) is 10.0 Å². The van der Waals surface area contributed by atoms with E-state index < -0.39 is 11.9 Å². The molecule has 0 fully saturated rings. The summed E-state index contributed by atoms with van der Waals surface area (Å²) in [6, 6.07) is 2.18. The minimum Gasteiger partial charge on any atom is -0.321 e. The quantitative estimate of drug-likeness (QED) is 0.600. The van der Waals surface area contributed by atoms with E-state index >= 15 is 0 Å². The van der Waals surface area contributed by atoms with Crippen LogP contribution in [0.25, 0.3) is 0 Å². The van der Waals surface area contributed by atoms with Crippen molar-refractivity contribution in [2.24, 2.45) is 5.73 Å². The average molecular weight is 220 g/mol. The molecule has 0 heterocycles. The van der Waals surface area contributed by atoms with Gasteiger partial charge in [0.05, 0.1) is 11.1 Å². The highest BCUT2D eigenvalue weighted by molar-refractivity contribution is 6.34. The van der Waals surface area contributed by atoms with Gasteiger partial charge in [-0.1, -0.05) is 29.3 Å². The molecule has 0 radical (unpaired) electrons. The van der Waals surface area contributed by atoms with Gasteiger partial charge in [-0.15, -0.1) is 6.58 Å².